The molecule has 2 fully saturated rings. The summed E-state index contributed by atoms with van der Waals surface area (Å²) in [6, 6.07) is 16.9. The first-order valence-corrected chi connectivity index (χ1v) is 15.4. The lowest BCUT2D eigenvalue weighted by atomic mass is 9.93. The molecule has 4 rings (SSSR count). The van der Waals surface area contributed by atoms with Crippen LogP contribution >= 0.6 is 11.8 Å². The zero-order valence-corrected chi connectivity index (χ0v) is 24.0. The maximum atomic E-state index is 13.2. The average molecular weight is 552 g/mol. The van der Waals surface area contributed by atoms with Crippen LogP contribution in [0.1, 0.15) is 43.2 Å². The number of allylic oxidation sites excluding steroid dienone is 2. The molecule has 1 unspecified atom stereocenters. The van der Waals surface area contributed by atoms with Crippen LogP contribution in [-0.2, 0) is 30.4 Å². The van der Waals surface area contributed by atoms with Crippen LogP contribution in [-0.4, -0.2) is 67.3 Å². The Morgan fingerprint density at radius 3 is 2.38 bits per heavy atom. The predicted molar refractivity (Wildman–Crippen MR) is 157 cm³/mol. The lowest BCUT2D eigenvalue weighted by Crippen LogP contribution is -2.49. The number of nitrogens with zero attached hydrogens (tertiary/aromatic N) is 1. The smallest absolute Gasteiger partial charge is 0.306 e. The number of hydrogen-bond acceptors (Lipinski definition) is 7. The van der Waals surface area contributed by atoms with Crippen LogP contribution in [0, 0.1) is 12.8 Å². The Bertz CT molecular complexity index is 1080. The molecule has 1 saturated carbocycles. The molecule has 39 heavy (non-hydrogen) atoms. The standard InChI is InChI=1S/C32H41NO5S/c1-24-9-13-26(14-10-24)27-15-11-25(12-16-27)22-37-30-21-29(34)32(33-17-19-36-20-18-33)28(30)7-5-3-4-6-8-31(35)38-23-39-2/h3-4,9-16,28,30,32H,5-8,17-23H2,1-2H3/b4-3-/t28?,30-,32+/m0/s1. The van der Waals surface area contributed by atoms with E-state index in [1.54, 1.807) is 0 Å². The van der Waals surface area contributed by atoms with Crippen molar-refractivity contribution >= 4 is 23.5 Å². The monoisotopic (exact) mass is 551 g/mol. The third kappa shape index (κ3) is 8.77. The average Bonchev–Trinajstić information content (AvgIpc) is 3.28. The van der Waals surface area contributed by atoms with Crippen LogP contribution in [0.25, 0.3) is 11.1 Å². The molecule has 1 saturated heterocycles. The summed E-state index contributed by atoms with van der Waals surface area (Å²) in [7, 11) is 0. The first-order valence-electron chi connectivity index (χ1n) is 14.0. The van der Waals surface area contributed by atoms with Gasteiger partial charge < -0.3 is 14.2 Å². The Morgan fingerprint density at radius 2 is 1.69 bits per heavy atom. The van der Waals surface area contributed by atoms with Gasteiger partial charge >= 0.3 is 5.97 Å². The van der Waals surface area contributed by atoms with Crippen LogP contribution in [0.4, 0.5) is 0 Å². The number of esters is 1. The molecule has 1 heterocycles. The third-order valence-corrected chi connectivity index (χ3v) is 7.90. The topological polar surface area (TPSA) is 65.1 Å². The molecule has 0 aromatic heterocycles. The molecule has 0 N–H and O–H groups in total. The van der Waals surface area contributed by atoms with Crippen molar-refractivity contribution < 1.29 is 23.8 Å². The van der Waals surface area contributed by atoms with Crippen LogP contribution in [0.5, 0.6) is 0 Å². The van der Waals surface area contributed by atoms with E-state index in [9.17, 15) is 9.59 Å². The predicted octanol–water partition coefficient (Wildman–Crippen LogP) is 5.82. The summed E-state index contributed by atoms with van der Waals surface area (Å²) in [6.07, 6.45) is 9.23. The van der Waals surface area contributed by atoms with Crippen molar-refractivity contribution in [1.29, 1.82) is 0 Å². The molecule has 2 aromatic carbocycles. The second-order valence-electron chi connectivity index (χ2n) is 10.4. The van der Waals surface area contributed by atoms with E-state index in [0.29, 0.717) is 45.0 Å². The molecule has 2 aliphatic rings. The molecular formula is C32H41NO5S. The molecule has 3 atom stereocenters. The van der Waals surface area contributed by atoms with Gasteiger partial charge in [-0.05, 0) is 49.1 Å². The summed E-state index contributed by atoms with van der Waals surface area (Å²) < 4.78 is 17.1. The van der Waals surface area contributed by atoms with Crippen molar-refractivity contribution in [2.24, 2.45) is 5.92 Å². The molecule has 0 bridgehead atoms. The Hall–Kier alpha value is -2.45. The molecule has 1 aliphatic carbocycles. The minimum atomic E-state index is -0.164. The highest BCUT2D eigenvalue weighted by Gasteiger charge is 2.45. The first kappa shape index (κ1) is 29.5. The normalized spacial score (nSPS) is 22.0. The van der Waals surface area contributed by atoms with Crippen molar-refractivity contribution in [2.45, 2.75) is 57.8 Å². The number of aryl methyl sites for hydroxylation is 1. The van der Waals surface area contributed by atoms with Crippen LogP contribution < -0.4 is 0 Å². The maximum absolute atomic E-state index is 13.2. The van der Waals surface area contributed by atoms with Gasteiger partial charge in [-0.1, -0.05) is 66.2 Å². The lowest BCUT2D eigenvalue weighted by Gasteiger charge is -2.35. The van der Waals surface area contributed by atoms with E-state index < -0.39 is 0 Å². The molecule has 0 spiro atoms. The third-order valence-electron chi connectivity index (χ3n) is 7.54. The second kappa shape index (κ2) is 15.4. The number of ketones is 1. The van der Waals surface area contributed by atoms with E-state index in [1.807, 2.05) is 12.3 Å². The maximum Gasteiger partial charge on any atom is 0.306 e. The Labute approximate surface area is 237 Å². The van der Waals surface area contributed by atoms with E-state index in [1.165, 1.54) is 28.5 Å². The minimum Gasteiger partial charge on any atom is -0.455 e. The highest BCUT2D eigenvalue weighted by Crippen LogP contribution is 2.35. The Balaban J connectivity index is 1.34. The van der Waals surface area contributed by atoms with Crippen LogP contribution in [0.2, 0.25) is 0 Å². The largest absolute Gasteiger partial charge is 0.455 e. The van der Waals surface area contributed by atoms with Gasteiger partial charge in [-0.15, -0.1) is 11.8 Å². The molecule has 210 valence electrons. The van der Waals surface area contributed by atoms with E-state index >= 15 is 0 Å². The van der Waals surface area contributed by atoms with Gasteiger partial charge in [0.05, 0.1) is 32.0 Å². The van der Waals surface area contributed by atoms with Crippen LogP contribution in [0.15, 0.2) is 60.7 Å². The number of carbonyl (C=O) groups excluding carboxylic acids is 2. The van der Waals surface area contributed by atoms with Gasteiger partial charge in [0.2, 0.25) is 0 Å². The molecule has 0 radical (unpaired) electrons. The summed E-state index contributed by atoms with van der Waals surface area (Å²) in [6.45, 7) is 5.50. The molecule has 2 aromatic rings. The second-order valence-corrected chi connectivity index (χ2v) is 11.2. The number of benzene rings is 2. The fourth-order valence-electron chi connectivity index (χ4n) is 5.43. The summed E-state index contributed by atoms with van der Waals surface area (Å²) in [4.78, 5) is 27.2. The van der Waals surface area contributed by atoms with Gasteiger partial charge in [-0.2, -0.15) is 0 Å². The number of hydrogen-bond donors (Lipinski definition) is 0. The number of thioether (sulfide) groups is 1. The number of ether oxygens (including phenoxy) is 3. The fourth-order valence-corrected chi connectivity index (χ4v) is 5.68. The number of Topliss-reactive ketones (excluding diaryl/α,β-unsaturated/α-hetero) is 1. The van der Waals surface area contributed by atoms with Gasteiger partial charge in [-0.25, -0.2) is 0 Å². The Kier molecular flexibility index (Phi) is 11.6. The van der Waals surface area contributed by atoms with Gasteiger partial charge in [0.1, 0.15) is 5.94 Å². The van der Waals surface area contributed by atoms with Crippen LogP contribution in [0.3, 0.4) is 0 Å². The summed E-state index contributed by atoms with van der Waals surface area (Å²) in [5.74, 6) is 0.656. The van der Waals surface area contributed by atoms with Crippen molar-refractivity contribution in [3.05, 3.63) is 71.8 Å². The van der Waals surface area contributed by atoms with Crippen molar-refractivity contribution in [2.75, 3.05) is 38.5 Å². The number of rotatable bonds is 13. The zero-order chi connectivity index (χ0) is 27.5. The zero-order valence-electron chi connectivity index (χ0n) is 23.2. The number of morpholine rings is 1. The van der Waals surface area contributed by atoms with E-state index in [4.69, 9.17) is 14.2 Å². The summed E-state index contributed by atoms with van der Waals surface area (Å²) in [5, 5.41) is 0. The highest BCUT2D eigenvalue weighted by molar-refractivity contribution is 7.98. The number of carbonyl (C=O) groups is 2. The van der Waals surface area contributed by atoms with E-state index in [2.05, 4.69) is 66.4 Å². The van der Waals surface area contributed by atoms with Crippen molar-refractivity contribution in [1.82, 2.24) is 4.90 Å². The molecule has 6 nitrogen and oxygen atoms in total. The molecule has 1 aliphatic heterocycles. The minimum absolute atomic E-state index is 0.1000. The van der Waals surface area contributed by atoms with E-state index in [-0.39, 0.29) is 29.8 Å². The fraction of sp³-hybridized carbons (Fsp3) is 0.500. The van der Waals surface area contributed by atoms with Gasteiger partial charge in [0, 0.05) is 31.8 Å². The lowest BCUT2D eigenvalue weighted by molar-refractivity contribution is -0.141. The van der Waals surface area contributed by atoms with Gasteiger partial charge in [0.15, 0.2) is 5.78 Å². The summed E-state index contributed by atoms with van der Waals surface area (Å²) >= 11 is 1.49. The van der Waals surface area contributed by atoms with E-state index in [0.717, 1.165) is 31.5 Å². The quantitative estimate of drug-likeness (QED) is 0.177. The summed E-state index contributed by atoms with van der Waals surface area (Å²) in [5.41, 5.74) is 4.75. The van der Waals surface area contributed by atoms with Gasteiger partial charge in [-0.3, -0.25) is 14.5 Å². The SMILES string of the molecule is CSCOC(=O)CC/C=C\CCC1[C@@H](OCc2ccc(-c3ccc(C)cc3)cc2)CC(=O)[C@@H]1N1CCOCC1. The van der Waals surface area contributed by atoms with Crippen molar-refractivity contribution in [3.63, 3.8) is 0 Å². The van der Waals surface area contributed by atoms with Crippen molar-refractivity contribution in [3.8, 4) is 11.1 Å². The first-order chi connectivity index (χ1) is 19.0. The molecule has 7 heteroatoms. The molecule has 0 amide bonds. The Morgan fingerprint density at radius 1 is 1.03 bits per heavy atom. The van der Waals surface area contributed by atoms with Gasteiger partial charge in [0.25, 0.3) is 0 Å². The highest BCUT2D eigenvalue weighted by atomic mass is 32.2. The molecular weight excluding hydrogens is 510 g/mol.